The van der Waals surface area contributed by atoms with Gasteiger partial charge in [-0.3, -0.25) is 9.59 Å². The minimum absolute atomic E-state index is 0.116. The Morgan fingerprint density at radius 1 is 1.17 bits per heavy atom. The first-order valence-corrected chi connectivity index (χ1v) is 7.78. The Labute approximate surface area is 146 Å². The molecule has 6 nitrogen and oxygen atoms in total. The second-order valence-corrected chi connectivity index (χ2v) is 5.71. The first-order chi connectivity index (χ1) is 11.1. The van der Waals surface area contributed by atoms with Gasteiger partial charge in [0.2, 0.25) is 0 Å². The van der Waals surface area contributed by atoms with Crippen LogP contribution in [0.4, 0.5) is 0 Å². The van der Waals surface area contributed by atoms with Crippen molar-refractivity contribution >= 4 is 40.6 Å². The maximum Gasteiger partial charge on any atom is 0.259 e. The lowest BCUT2D eigenvalue weighted by molar-refractivity contribution is -0.120. The quantitative estimate of drug-likeness (QED) is 0.390. The molecular formula is C16H14IN3O3. The average molecular weight is 423 g/mol. The van der Waals surface area contributed by atoms with Crippen LogP contribution in [-0.4, -0.2) is 29.7 Å². The van der Waals surface area contributed by atoms with Gasteiger partial charge >= 0.3 is 0 Å². The van der Waals surface area contributed by atoms with E-state index in [9.17, 15) is 14.7 Å². The van der Waals surface area contributed by atoms with Crippen LogP contribution in [0.25, 0.3) is 0 Å². The lowest BCUT2D eigenvalue weighted by atomic mass is 10.2. The van der Waals surface area contributed by atoms with Gasteiger partial charge < -0.3 is 10.4 Å². The number of hydrogen-bond donors (Lipinski definition) is 3. The molecule has 0 saturated carbocycles. The van der Waals surface area contributed by atoms with E-state index in [0.29, 0.717) is 11.1 Å². The third-order valence-corrected chi connectivity index (χ3v) is 3.74. The van der Waals surface area contributed by atoms with E-state index in [1.807, 2.05) is 12.1 Å². The first kappa shape index (κ1) is 16.9. The van der Waals surface area contributed by atoms with E-state index >= 15 is 0 Å². The summed E-state index contributed by atoms with van der Waals surface area (Å²) < 4.78 is 0.810. The number of phenolic OH excluding ortho intramolecular Hbond substituents is 1. The van der Waals surface area contributed by atoms with Crippen molar-refractivity contribution in [2.75, 3.05) is 6.54 Å². The van der Waals surface area contributed by atoms with Crippen molar-refractivity contribution in [1.82, 2.24) is 10.7 Å². The molecule has 7 heteroatoms. The number of benzene rings is 2. The number of rotatable bonds is 5. The Hall–Kier alpha value is -2.42. The molecule has 0 spiro atoms. The smallest absolute Gasteiger partial charge is 0.259 e. The van der Waals surface area contributed by atoms with Gasteiger partial charge in [-0.1, -0.05) is 24.3 Å². The van der Waals surface area contributed by atoms with Crippen LogP contribution in [-0.2, 0) is 4.79 Å². The highest BCUT2D eigenvalue weighted by atomic mass is 127. The first-order valence-electron chi connectivity index (χ1n) is 6.70. The second kappa shape index (κ2) is 8.28. The fourth-order valence-corrected chi connectivity index (χ4v) is 2.36. The van der Waals surface area contributed by atoms with Crippen LogP contribution in [0.5, 0.6) is 5.75 Å². The number of hydrazone groups is 1. The van der Waals surface area contributed by atoms with Gasteiger partial charge in [-0.25, -0.2) is 5.43 Å². The highest BCUT2D eigenvalue weighted by Gasteiger charge is 2.10. The molecule has 3 N–H and O–H groups in total. The molecule has 118 valence electrons. The minimum Gasteiger partial charge on any atom is -0.508 e. The van der Waals surface area contributed by atoms with Gasteiger partial charge in [-0.05, 0) is 52.4 Å². The summed E-state index contributed by atoms with van der Waals surface area (Å²) in [6.45, 7) is -0.179. The standard InChI is InChI=1S/C16H14IN3O3/c17-14-7-2-1-6-13(14)16(23)18-10-15(22)20-19-9-11-4-3-5-12(21)8-11/h1-9,21H,10H2,(H,18,23)(H,20,22)/b19-9-. The summed E-state index contributed by atoms with van der Waals surface area (Å²) in [6, 6.07) is 13.5. The highest BCUT2D eigenvalue weighted by molar-refractivity contribution is 14.1. The zero-order chi connectivity index (χ0) is 16.7. The summed E-state index contributed by atoms with van der Waals surface area (Å²) >= 11 is 2.06. The van der Waals surface area contributed by atoms with E-state index in [2.05, 4.69) is 38.4 Å². The predicted octanol–water partition coefficient (Wildman–Crippen LogP) is 1.88. The number of aromatic hydroxyl groups is 1. The lowest BCUT2D eigenvalue weighted by Gasteiger charge is -2.05. The number of hydrogen-bond acceptors (Lipinski definition) is 4. The Bertz CT molecular complexity index is 747. The Kier molecular flexibility index (Phi) is 6.10. The van der Waals surface area contributed by atoms with E-state index < -0.39 is 5.91 Å². The largest absolute Gasteiger partial charge is 0.508 e. The van der Waals surface area contributed by atoms with E-state index in [1.165, 1.54) is 18.3 Å². The molecule has 0 aromatic heterocycles. The molecular weight excluding hydrogens is 409 g/mol. The topological polar surface area (TPSA) is 90.8 Å². The molecule has 0 heterocycles. The van der Waals surface area contributed by atoms with Crippen LogP contribution in [0.2, 0.25) is 0 Å². The number of carbonyl (C=O) groups is 2. The Morgan fingerprint density at radius 2 is 1.96 bits per heavy atom. The van der Waals surface area contributed by atoms with Gasteiger partial charge in [-0.15, -0.1) is 0 Å². The van der Waals surface area contributed by atoms with Crippen LogP contribution < -0.4 is 10.7 Å². The zero-order valence-corrected chi connectivity index (χ0v) is 14.1. The maximum absolute atomic E-state index is 11.9. The third-order valence-electron chi connectivity index (χ3n) is 2.80. The van der Waals surface area contributed by atoms with Crippen LogP contribution in [0, 0.1) is 3.57 Å². The van der Waals surface area contributed by atoms with Crippen molar-refractivity contribution in [3.63, 3.8) is 0 Å². The highest BCUT2D eigenvalue weighted by Crippen LogP contribution is 2.11. The van der Waals surface area contributed by atoms with Crippen molar-refractivity contribution < 1.29 is 14.7 Å². The molecule has 2 rings (SSSR count). The summed E-state index contributed by atoms with van der Waals surface area (Å²) in [6.07, 6.45) is 1.40. The van der Waals surface area contributed by atoms with Gasteiger partial charge in [0.1, 0.15) is 5.75 Å². The summed E-state index contributed by atoms with van der Waals surface area (Å²) in [5.74, 6) is -0.646. The molecule has 0 fully saturated rings. The van der Waals surface area contributed by atoms with Gasteiger partial charge in [-0.2, -0.15) is 5.10 Å². The SMILES string of the molecule is O=C(CNC(=O)c1ccccc1I)N/N=C\c1cccc(O)c1. The summed E-state index contributed by atoms with van der Waals surface area (Å²) in [4.78, 5) is 23.6. The third kappa shape index (κ3) is 5.37. The molecule has 0 bridgehead atoms. The maximum atomic E-state index is 11.9. The van der Waals surface area contributed by atoms with Crippen molar-refractivity contribution in [1.29, 1.82) is 0 Å². The molecule has 23 heavy (non-hydrogen) atoms. The Balaban J connectivity index is 1.81. The van der Waals surface area contributed by atoms with Crippen LogP contribution in [0.15, 0.2) is 53.6 Å². The number of amides is 2. The minimum atomic E-state index is -0.444. The molecule has 0 unspecified atom stereocenters. The lowest BCUT2D eigenvalue weighted by Crippen LogP contribution is -2.35. The Morgan fingerprint density at radius 3 is 2.70 bits per heavy atom. The van der Waals surface area contributed by atoms with Crippen LogP contribution in [0.3, 0.4) is 0 Å². The van der Waals surface area contributed by atoms with E-state index in [-0.39, 0.29) is 18.2 Å². The molecule has 0 atom stereocenters. The number of carbonyl (C=O) groups excluding carboxylic acids is 2. The molecule has 0 aliphatic rings. The fourth-order valence-electron chi connectivity index (χ4n) is 1.72. The van der Waals surface area contributed by atoms with Gasteiger partial charge in [0.05, 0.1) is 18.3 Å². The summed E-state index contributed by atoms with van der Waals surface area (Å²) in [5, 5.41) is 15.6. The molecule has 0 aliphatic heterocycles. The fraction of sp³-hybridized carbons (Fsp3) is 0.0625. The van der Waals surface area contributed by atoms with E-state index in [1.54, 1.807) is 24.3 Å². The van der Waals surface area contributed by atoms with E-state index in [0.717, 1.165) is 3.57 Å². The number of halogens is 1. The normalized spacial score (nSPS) is 10.5. The monoisotopic (exact) mass is 423 g/mol. The van der Waals surface area contributed by atoms with Crippen LogP contribution in [0.1, 0.15) is 15.9 Å². The number of nitrogens with zero attached hydrogens (tertiary/aromatic N) is 1. The number of nitrogens with one attached hydrogen (secondary N) is 2. The molecule has 0 saturated heterocycles. The predicted molar refractivity (Wildman–Crippen MR) is 95.3 cm³/mol. The summed E-state index contributed by atoms with van der Waals surface area (Å²) in [7, 11) is 0. The van der Waals surface area contributed by atoms with Gasteiger partial charge in [0, 0.05) is 3.57 Å². The van der Waals surface area contributed by atoms with Crippen molar-refractivity contribution in [2.45, 2.75) is 0 Å². The molecule has 0 aliphatic carbocycles. The number of phenols is 1. The van der Waals surface area contributed by atoms with Crippen molar-refractivity contribution in [3.8, 4) is 5.75 Å². The molecule has 2 aromatic carbocycles. The van der Waals surface area contributed by atoms with Crippen molar-refractivity contribution in [3.05, 3.63) is 63.2 Å². The summed E-state index contributed by atoms with van der Waals surface area (Å²) in [5.41, 5.74) is 3.47. The van der Waals surface area contributed by atoms with Crippen molar-refractivity contribution in [2.24, 2.45) is 5.10 Å². The second-order valence-electron chi connectivity index (χ2n) is 4.55. The van der Waals surface area contributed by atoms with Gasteiger partial charge in [0.15, 0.2) is 0 Å². The zero-order valence-electron chi connectivity index (χ0n) is 12.0. The average Bonchev–Trinajstić information content (AvgIpc) is 2.53. The molecule has 2 amide bonds. The van der Waals surface area contributed by atoms with Crippen LogP contribution >= 0.6 is 22.6 Å². The molecule has 2 aromatic rings. The van der Waals surface area contributed by atoms with Gasteiger partial charge in [0.25, 0.3) is 11.8 Å². The van der Waals surface area contributed by atoms with E-state index in [4.69, 9.17) is 0 Å². The molecule has 0 radical (unpaired) electrons.